The standard InChI is InChI=1S/C26H36N6O3/c1-7-23(33)31-14-12-30(13-15-31)16-21-8-10-22(11-9-21)20(5)28-25(27-6)29-24-19(4)17-35-26(34)32(24)18(2)3/h7-11,18,20H,1,6,12-17H2,2-5H3,(H,28,29)/t20-/m0/s1. The fourth-order valence-corrected chi connectivity index (χ4v) is 4.12. The van der Waals surface area contributed by atoms with E-state index in [1.807, 2.05) is 32.6 Å². The predicted octanol–water partition coefficient (Wildman–Crippen LogP) is 3.32. The SMILES string of the molecule is C=CC(=O)N1CCN(Cc2ccc([C@H](C)N/C(N=C)=N/C3=C(C)COC(=O)N3C(C)C)cc2)CC1. The van der Waals surface area contributed by atoms with Gasteiger partial charge >= 0.3 is 6.09 Å². The Labute approximate surface area is 207 Å². The Morgan fingerprint density at radius 1 is 1.17 bits per heavy atom. The number of guanidine groups is 1. The number of nitrogens with zero attached hydrogens (tertiary/aromatic N) is 5. The topological polar surface area (TPSA) is 89.8 Å². The Bertz CT molecular complexity index is 1010. The van der Waals surface area contributed by atoms with Crippen LogP contribution in [0.5, 0.6) is 0 Å². The van der Waals surface area contributed by atoms with Crippen LogP contribution in [0, 0.1) is 0 Å². The number of ether oxygens (including phenoxy) is 1. The van der Waals surface area contributed by atoms with E-state index in [0.717, 1.165) is 43.9 Å². The van der Waals surface area contributed by atoms with Gasteiger partial charge in [-0.2, -0.15) is 4.99 Å². The number of amides is 2. The third-order valence-corrected chi connectivity index (χ3v) is 6.19. The summed E-state index contributed by atoms with van der Waals surface area (Å²) in [5, 5.41) is 3.30. The van der Waals surface area contributed by atoms with Crippen LogP contribution >= 0.6 is 0 Å². The Morgan fingerprint density at radius 3 is 2.40 bits per heavy atom. The molecule has 9 heteroatoms. The minimum Gasteiger partial charge on any atom is -0.444 e. The number of carbonyl (C=O) groups is 2. The lowest BCUT2D eigenvalue weighted by Gasteiger charge is -2.34. The number of piperazine rings is 1. The van der Waals surface area contributed by atoms with Crippen LogP contribution in [0.4, 0.5) is 4.79 Å². The summed E-state index contributed by atoms with van der Waals surface area (Å²) in [7, 11) is 0. The van der Waals surface area contributed by atoms with Crippen molar-refractivity contribution in [1.82, 2.24) is 20.0 Å². The Morgan fingerprint density at radius 2 is 1.83 bits per heavy atom. The van der Waals surface area contributed by atoms with E-state index in [4.69, 9.17) is 4.74 Å². The molecule has 2 aliphatic heterocycles. The largest absolute Gasteiger partial charge is 0.444 e. The van der Waals surface area contributed by atoms with Crippen LogP contribution in [0.25, 0.3) is 0 Å². The number of aliphatic imine (C=N–C) groups is 2. The van der Waals surface area contributed by atoms with Gasteiger partial charge in [-0.3, -0.25) is 14.6 Å². The summed E-state index contributed by atoms with van der Waals surface area (Å²) < 4.78 is 5.21. The van der Waals surface area contributed by atoms with E-state index < -0.39 is 6.09 Å². The van der Waals surface area contributed by atoms with E-state index in [1.165, 1.54) is 16.5 Å². The van der Waals surface area contributed by atoms with Crippen molar-refractivity contribution in [1.29, 1.82) is 0 Å². The van der Waals surface area contributed by atoms with E-state index in [2.05, 4.69) is 57.8 Å². The lowest BCUT2D eigenvalue weighted by atomic mass is 10.1. The van der Waals surface area contributed by atoms with Gasteiger partial charge in [0.15, 0.2) is 0 Å². The third-order valence-electron chi connectivity index (χ3n) is 6.19. The van der Waals surface area contributed by atoms with E-state index in [-0.39, 0.29) is 24.6 Å². The number of nitrogens with one attached hydrogen (secondary N) is 1. The van der Waals surface area contributed by atoms with Crippen molar-refractivity contribution in [3.63, 3.8) is 0 Å². The molecule has 1 atom stereocenters. The van der Waals surface area contributed by atoms with E-state index in [1.54, 1.807) is 0 Å². The van der Waals surface area contributed by atoms with Gasteiger partial charge in [0, 0.05) is 44.3 Å². The van der Waals surface area contributed by atoms with Crippen molar-refractivity contribution < 1.29 is 14.3 Å². The van der Waals surface area contributed by atoms with Gasteiger partial charge in [0.05, 0.1) is 6.04 Å². The average molecular weight is 481 g/mol. The Balaban J connectivity index is 1.62. The number of carbonyl (C=O) groups excluding carboxylic acids is 2. The monoisotopic (exact) mass is 480 g/mol. The van der Waals surface area contributed by atoms with Crippen molar-refractivity contribution in [2.24, 2.45) is 9.98 Å². The zero-order valence-corrected chi connectivity index (χ0v) is 21.2. The molecule has 0 aliphatic carbocycles. The quantitative estimate of drug-likeness (QED) is 0.367. The second-order valence-electron chi connectivity index (χ2n) is 9.13. The fraction of sp³-hybridized carbons (Fsp3) is 0.462. The lowest BCUT2D eigenvalue weighted by Crippen LogP contribution is -2.47. The van der Waals surface area contributed by atoms with Crippen LogP contribution in [0.15, 0.2) is 58.3 Å². The molecule has 1 aromatic rings. The van der Waals surface area contributed by atoms with Gasteiger partial charge in [-0.05, 0) is 51.6 Å². The predicted molar refractivity (Wildman–Crippen MR) is 138 cm³/mol. The van der Waals surface area contributed by atoms with Crippen molar-refractivity contribution in [2.45, 2.75) is 46.3 Å². The lowest BCUT2D eigenvalue weighted by molar-refractivity contribution is -0.127. The summed E-state index contributed by atoms with van der Waals surface area (Å²) in [6.45, 7) is 19.2. The van der Waals surface area contributed by atoms with Crippen molar-refractivity contribution >= 4 is 24.7 Å². The van der Waals surface area contributed by atoms with Crippen LogP contribution in [0.3, 0.4) is 0 Å². The minimum atomic E-state index is -0.412. The normalized spacial score (nSPS) is 18.4. The zero-order valence-electron chi connectivity index (χ0n) is 21.2. The summed E-state index contributed by atoms with van der Waals surface area (Å²) in [5.74, 6) is 0.894. The van der Waals surface area contributed by atoms with Gasteiger partial charge in [-0.1, -0.05) is 30.8 Å². The number of rotatable bonds is 7. The minimum absolute atomic E-state index is 0.000743. The third kappa shape index (κ3) is 6.57. The van der Waals surface area contributed by atoms with E-state index >= 15 is 0 Å². The Hall–Kier alpha value is -3.46. The van der Waals surface area contributed by atoms with Gasteiger partial charge in [-0.15, -0.1) is 0 Å². The molecule has 0 saturated carbocycles. The highest BCUT2D eigenvalue weighted by Gasteiger charge is 2.29. The molecule has 3 rings (SSSR count). The van der Waals surface area contributed by atoms with Crippen molar-refractivity contribution in [3.8, 4) is 0 Å². The maximum Gasteiger partial charge on any atom is 0.416 e. The Kier molecular flexibility index (Phi) is 8.81. The van der Waals surface area contributed by atoms with Gasteiger partial charge in [0.1, 0.15) is 12.4 Å². The molecular weight excluding hydrogens is 444 g/mol. The average Bonchev–Trinajstić information content (AvgIpc) is 2.85. The highest BCUT2D eigenvalue weighted by Crippen LogP contribution is 2.23. The second kappa shape index (κ2) is 11.8. The molecule has 9 nitrogen and oxygen atoms in total. The first-order chi connectivity index (χ1) is 16.7. The smallest absolute Gasteiger partial charge is 0.416 e. The summed E-state index contributed by atoms with van der Waals surface area (Å²) in [4.78, 5) is 38.4. The van der Waals surface area contributed by atoms with Gasteiger partial charge in [0.2, 0.25) is 11.9 Å². The molecule has 1 fully saturated rings. The van der Waals surface area contributed by atoms with Crippen LogP contribution in [0.1, 0.15) is 44.9 Å². The molecule has 2 heterocycles. The first-order valence-corrected chi connectivity index (χ1v) is 11.9. The number of hydrogen-bond acceptors (Lipinski definition) is 5. The molecule has 1 saturated heterocycles. The molecule has 0 unspecified atom stereocenters. The summed E-state index contributed by atoms with van der Waals surface area (Å²) >= 11 is 0. The highest BCUT2D eigenvalue weighted by atomic mass is 16.6. The van der Waals surface area contributed by atoms with Crippen molar-refractivity contribution in [3.05, 3.63) is 59.4 Å². The highest BCUT2D eigenvalue weighted by molar-refractivity contribution is 5.87. The van der Waals surface area contributed by atoms with E-state index in [0.29, 0.717) is 11.8 Å². The summed E-state index contributed by atoms with van der Waals surface area (Å²) in [5.41, 5.74) is 3.16. The maximum atomic E-state index is 12.2. The second-order valence-corrected chi connectivity index (χ2v) is 9.13. The molecule has 1 aromatic carbocycles. The van der Waals surface area contributed by atoms with E-state index in [9.17, 15) is 9.59 Å². The van der Waals surface area contributed by atoms with Crippen LogP contribution < -0.4 is 5.32 Å². The molecule has 188 valence electrons. The summed E-state index contributed by atoms with van der Waals surface area (Å²) in [6, 6.07) is 8.26. The van der Waals surface area contributed by atoms with Gasteiger partial charge in [0.25, 0.3) is 0 Å². The first kappa shape index (κ1) is 26.2. The molecule has 2 aliphatic rings. The molecule has 0 radical (unpaired) electrons. The molecule has 1 N–H and O–H groups in total. The first-order valence-electron chi connectivity index (χ1n) is 11.9. The molecule has 2 amide bonds. The molecule has 35 heavy (non-hydrogen) atoms. The maximum absolute atomic E-state index is 12.2. The number of cyclic esters (lactones) is 1. The van der Waals surface area contributed by atoms with Crippen LogP contribution in [0.2, 0.25) is 0 Å². The van der Waals surface area contributed by atoms with Gasteiger partial charge in [-0.25, -0.2) is 9.79 Å². The summed E-state index contributed by atoms with van der Waals surface area (Å²) in [6.07, 6.45) is 0.966. The van der Waals surface area contributed by atoms with Crippen LogP contribution in [-0.4, -0.2) is 78.2 Å². The van der Waals surface area contributed by atoms with Crippen LogP contribution in [-0.2, 0) is 16.1 Å². The fourth-order valence-electron chi connectivity index (χ4n) is 4.12. The molecule has 0 bridgehead atoms. The zero-order chi connectivity index (χ0) is 25.5. The van der Waals surface area contributed by atoms with Crippen molar-refractivity contribution in [2.75, 3.05) is 32.8 Å². The molecule has 0 aromatic heterocycles. The molecular formula is C26H36N6O3. The molecule has 0 spiro atoms. The van der Waals surface area contributed by atoms with Gasteiger partial charge < -0.3 is 15.0 Å². The number of hydrogen-bond donors (Lipinski definition) is 1. The number of benzene rings is 1.